The van der Waals surface area contributed by atoms with Crippen LogP contribution in [0.15, 0.2) is 60.8 Å². The number of carbonyl (C=O) groups is 4. The van der Waals surface area contributed by atoms with Gasteiger partial charge in [0, 0.05) is 25.7 Å². The van der Waals surface area contributed by atoms with Gasteiger partial charge in [-0.25, -0.2) is 9.13 Å². The van der Waals surface area contributed by atoms with Crippen LogP contribution in [-0.4, -0.2) is 96.7 Å². The van der Waals surface area contributed by atoms with Gasteiger partial charge in [0.15, 0.2) is 12.2 Å². The lowest BCUT2D eigenvalue weighted by molar-refractivity contribution is -0.161. The number of phosphoric acid groups is 2. The largest absolute Gasteiger partial charge is 0.472 e. The highest BCUT2D eigenvalue weighted by molar-refractivity contribution is 7.47. The zero-order valence-electron chi connectivity index (χ0n) is 62.5. The lowest BCUT2D eigenvalue weighted by Gasteiger charge is -2.21. The summed E-state index contributed by atoms with van der Waals surface area (Å²) in [5, 5.41) is 10.6. The van der Waals surface area contributed by atoms with E-state index in [1.807, 2.05) is 0 Å². The van der Waals surface area contributed by atoms with E-state index >= 15 is 0 Å². The molecule has 0 spiro atoms. The Labute approximate surface area is 597 Å². The van der Waals surface area contributed by atoms with Crippen LogP contribution in [-0.2, 0) is 65.4 Å². The van der Waals surface area contributed by atoms with Crippen molar-refractivity contribution in [3.05, 3.63) is 60.8 Å². The van der Waals surface area contributed by atoms with E-state index in [-0.39, 0.29) is 25.7 Å². The van der Waals surface area contributed by atoms with Crippen molar-refractivity contribution in [2.24, 2.45) is 0 Å². The van der Waals surface area contributed by atoms with Gasteiger partial charge in [-0.15, -0.1) is 0 Å². The summed E-state index contributed by atoms with van der Waals surface area (Å²) >= 11 is 0. The Morgan fingerprint density at radius 2 is 0.531 bits per heavy atom. The van der Waals surface area contributed by atoms with Gasteiger partial charge >= 0.3 is 39.5 Å². The van der Waals surface area contributed by atoms with Crippen LogP contribution in [0.5, 0.6) is 0 Å². The molecule has 0 rings (SSSR count). The normalized spacial score (nSPS) is 14.2. The van der Waals surface area contributed by atoms with Crippen LogP contribution in [0, 0.1) is 0 Å². The number of carbonyl (C=O) groups excluding carboxylic acids is 4. The van der Waals surface area contributed by atoms with E-state index in [0.29, 0.717) is 25.7 Å². The molecule has 0 fully saturated rings. The summed E-state index contributed by atoms with van der Waals surface area (Å²) in [5.74, 6) is -2.17. The van der Waals surface area contributed by atoms with Crippen LogP contribution in [0.25, 0.3) is 0 Å². The fraction of sp³-hybridized carbons (Fsp3) is 0.823. The van der Waals surface area contributed by atoms with Crippen molar-refractivity contribution in [3.8, 4) is 0 Å². The van der Waals surface area contributed by atoms with Crippen molar-refractivity contribution in [2.45, 2.75) is 380 Å². The first-order valence-corrected chi connectivity index (χ1v) is 42.5. The molecule has 0 amide bonds. The molecule has 17 nitrogen and oxygen atoms in total. The SMILES string of the molecule is CC/C=C\C/C=C\C/C=C\CCCCCCCCCC(=O)OCC(COP(=O)(O)OCC(O)COP(=O)(O)OCC(COC(=O)CCCCCCC/C=C\CCCCCC)OC(=O)CCCCCCCCCCCCCCC)OC(=O)CCCCCCC/C=C\CCCCCCCC. The van der Waals surface area contributed by atoms with Gasteiger partial charge in [-0.05, 0) is 109 Å². The fourth-order valence-electron chi connectivity index (χ4n) is 10.9. The van der Waals surface area contributed by atoms with Gasteiger partial charge in [-0.1, -0.05) is 288 Å². The van der Waals surface area contributed by atoms with E-state index < -0.39 is 97.5 Å². The lowest BCUT2D eigenvalue weighted by Crippen LogP contribution is -2.30. The number of hydrogen-bond acceptors (Lipinski definition) is 15. The number of hydrogen-bond donors (Lipinski definition) is 3. The van der Waals surface area contributed by atoms with Crippen LogP contribution in [0.3, 0.4) is 0 Å². The molecule has 98 heavy (non-hydrogen) atoms. The number of phosphoric ester groups is 2. The van der Waals surface area contributed by atoms with Gasteiger partial charge in [-0.2, -0.15) is 0 Å². The van der Waals surface area contributed by atoms with Crippen LogP contribution < -0.4 is 0 Å². The number of unbranched alkanes of at least 4 members (excludes halogenated alkanes) is 39. The van der Waals surface area contributed by atoms with E-state index in [2.05, 4.69) is 88.5 Å². The molecule has 572 valence electrons. The third kappa shape index (κ3) is 71.2. The third-order valence-electron chi connectivity index (χ3n) is 17.0. The second-order valence-electron chi connectivity index (χ2n) is 26.6. The molecule has 0 aromatic rings. The van der Waals surface area contributed by atoms with Crippen LogP contribution in [0.1, 0.15) is 362 Å². The predicted octanol–water partition coefficient (Wildman–Crippen LogP) is 22.7. The van der Waals surface area contributed by atoms with Gasteiger partial charge in [0.25, 0.3) is 0 Å². The van der Waals surface area contributed by atoms with Crippen molar-refractivity contribution < 1.29 is 80.2 Å². The third-order valence-corrected chi connectivity index (χ3v) is 18.9. The number of aliphatic hydroxyl groups is 1. The van der Waals surface area contributed by atoms with Crippen LogP contribution >= 0.6 is 15.6 Å². The molecule has 0 aromatic heterocycles. The molecule has 0 aliphatic heterocycles. The summed E-state index contributed by atoms with van der Waals surface area (Å²) in [6.07, 6.45) is 70.5. The molecule has 0 heterocycles. The highest BCUT2D eigenvalue weighted by Gasteiger charge is 2.30. The molecule has 0 saturated heterocycles. The predicted molar refractivity (Wildman–Crippen MR) is 400 cm³/mol. The Hall–Kier alpha value is -3.24. The first-order valence-electron chi connectivity index (χ1n) is 39.5. The fourth-order valence-corrected chi connectivity index (χ4v) is 12.5. The Morgan fingerprint density at radius 1 is 0.296 bits per heavy atom. The monoisotopic (exact) mass is 1430 g/mol. The molecule has 0 bridgehead atoms. The molecule has 19 heteroatoms. The Bertz CT molecular complexity index is 2100. The molecule has 0 aliphatic rings. The zero-order chi connectivity index (χ0) is 71.8. The molecular formula is C79H144O17P2. The van der Waals surface area contributed by atoms with Crippen molar-refractivity contribution in [3.63, 3.8) is 0 Å². The Morgan fingerprint density at radius 3 is 0.837 bits per heavy atom. The molecule has 0 radical (unpaired) electrons. The number of rotatable bonds is 75. The average molecular weight is 1430 g/mol. The quantitative estimate of drug-likeness (QED) is 0.0169. The Balaban J connectivity index is 5.32. The number of esters is 4. The minimum absolute atomic E-state index is 0.0866. The summed E-state index contributed by atoms with van der Waals surface area (Å²) in [5.41, 5.74) is 0. The zero-order valence-corrected chi connectivity index (χ0v) is 64.3. The van der Waals surface area contributed by atoms with Crippen molar-refractivity contribution in [1.82, 2.24) is 0 Å². The van der Waals surface area contributed by atoms with E-state index in [4.69, 9.17) is 37.0 Å². The van der Waals surface area contributed by atoms with E-state index in [1.54, 1.807) is 0 Å². The summed E-state index contributed by atoms with van der Waals surface area (Å²) in [6.45, 7) is 4.78. The smallest absolute Gasteiger partial charge is 0.462 e. The molecule has 5 unspecified atom stereocenters. The minimum atomic E-state index is -4.97. The molecular weight excluding hydrogens is 1280 g/mol. The highest BCUT2D eigenvalue weighted by atomic mass is 31.2. The number of aliphatic hydroxyl groups excluding tert-OH is 1. The van der Waals surface area contributed by atoms with Gasteiger partial charge in [0.2, 0.25) is 0 Å². The summed E-state index contributed by atoms with van der Waals surface area (Å²) in [6, 6.07) is 0. The second-order valence-corrected chi connectivity index (χ2v) is 29.5. The summed E-state index contributed by atoms with van der Waals surface area (Å²) in [7, 11) is -9.94. The lowest BCUT2D eigenvalue weighted by atomic mass is 10.0. The Kier molecular flexibility index (Phi) is 69.7. The molecule has 3 N–H and O–H groups in total. The van der Waals surface area contributed by atoms with Gasteiger partial charge in [0.05, 0.1) is 26.4 Å². The summed E-state index contributed by atoms with van der Waals surface area (Å²) in [4.78, 5) is 72.9. The van der Waals surface area contributed by atoms with Crippen LogP contribution in [0.2, 0.25) is 0 Å². The molecule has 5 atom stereocenters. The maximum atomic E-state index is 13.1. The maximum absolute atomic E-state index is 13.1. The summed E-state index contributed by atoms with van der Waals surface area (Å²) < 4.78 is 68.5. The van der Waals surface area contributed by atoms with E-state index in [0.717, 1.165) is 167 Å². The van der Waals surface area contributed by atoms with Crippen molar-refractivity contribution in [1.29, 1.82) is 0 Å². The van der Waals surface area contributed by atoms with Crippen molar-refractivity contribution >= 4 is 39.5 Å². The van der Waals surface area contributed by atoms with Gasteiger partial charge in [-0.3, -0.25) is 37.3 Å². The number of allylic oxidation sites excluding steroid dienone is 10. The van der Waals surface area contributed by atoms with Crippen LogP contribution in [0.4, 0.5) is 0 Å². The maximum Gasteiger partial charge on any atom is 0.472 e. The van der Waals surface area contributed by atoms with E-state index in [1.165, 1.54) is 116 Å². The average Bonchev–Trinajstić information content (AvgIpc) is 1.05. The van der Waals surface area contributed by atoms with Gasteiger partial charge in [0.1, 0.15) is 19.3 Å². The first-order chi connectivity index (χ1) is 47.7. The topological polar surface area (TPSA) is 237 Å². The first kappa shape index (κ1) is 94.8. The number of ether oxygens (including phenoxy) is 4. The van der Waals surface area contributed by atoms with Gasteiger partial charge < -0.3 is 33.8 Å². The van der Waals surface area contributed by atoms with Crippen molar-refractivity contribution in [2.75, 3.05) is 39.6 Å². The molecule has 0 saturated carbocycles. The second kappa shape index (κ2) is 72.1. The standard InChI is InChI=1S/C79H144O17P2/c1-5-9-13-17-21-25-29-33-35-36-38-41-44-48-52-56-60-64-77(82)90-70-75(96-79(84)66-62-58-54-50-46-42-37-34-30-26-22-18-14-10-6-2)72-94-98(87,88)92-68-73(80)67-91-97(85,86)93-71-74(95-78(83)65-61-57-53-49-45-40-32-28-24-20-16-12-8-4)69-89-76(81)63-59-55-51-47-43-39-31-27-23-19-15-11-7-3/h9,13,21,25,27,31,33-35,37,73-75,80H,5-8,10-12,14-20,22-24,26,28-30,32,36,38-72H2,1-4H3,(H,85,86)(H,87,88)/b13-9-,25-21-,31-27-,35-33-,37-34-. The molecule has 0 aromatic carbocycles. The highest BCUT2D eigenvalue weighted by Crippen LogP contribution is 2.45. The minimum Gasteiger partial charge on any atom is -0.462 e. The molecule has 0 aliphatic carbocycles. The van der Waals surface area contributed by atoms with E-state index in [9.17, 15) is 43.2 Å².